The molecular formula is C65H81NO15. The first-order chi connectivity index (χ1) is 38.6. The van der Waals surface area contributed by atoms with Gasteiger partial charge in [-0.2, -0.15) is 0 Å². The van der Waals surface area contributed by atoms with E-state index < -0.39 is 124 Å². The van der Waals surface area contributed by atoms with E-state index in [1.165, 1.54) is 39.8 Å². The topological polar surface area (TPSA) is 231 Å². The number of hydrogen-bond donors (Lipinski definition) is 4. The maximum Gasteiger partial charge on any atom is 0.408 e. The van der Waals surface area contributed by atoms with Crippen molar-refractivity contribution in [3.63, 3.8) is 0 Å². The van der Waals surface area contributed by atoms with Gasteiger partial charge < -0.3 is 49.1 Å². The fourth-order valence-corrected chi connectivity index (χ4v) is 12.8. The highest BCUT2D eigenvalue weighted by molar-refractivity contribution is 5.95. The Bertz CT molecular complexity index is 2810. The number of carbonyl (C=O) groups excluding carboxylic acids is 6. The number of allylic oxidation sites excluding steroid dienone is 12. The molecule has 1 heterocycles. The molecule has 16 nitrogen and oxygen atoms in total. The monoisotopic (exact) mass is 1120 g/mol. The minimum atomic E-state index is -2.28. The SMILES string of the molecule is CC/C=C\C/C=C\C/C=C\C/C=C\C/C=C\C/C=C\CCC(=O)OC1CC2OC[C@H](OC(C)=O)[C@H]2C2C(OC(=O)c3ccccc3)C3(O)C[C@@]4(OC(=O)[C@H](O)[C@@H](NC(=O)OC(C)(C)C)c5ccccc5)C(C)=C(C(O)C(=O)C12C)[C@@]34C. The van der Waals surface area contributed by atoms with Crippen LogP contribution in [0.3, 0.4) is 0 Å². The molecule has 4 aliphatic carbocycles. The molecule has 7 rings (SSSR count). The van der Waals surface area contributed by atoms with Crippen LogP contribution in [0.25, 0.3) is 0 Å². The summed E-state index contributed by atoms with van der Waals surface area (Å²) in [4.78, 5) is 84.7. The van der Waals surface area contributed by atoms with E-state index in [1.54, 1.807) is 69.3 Å². The first kappa shape index (κ1) is 61.9. The number of ketones is 1. The van der Waals surface area contributed by atoms with Crippen molar-refractivity contribution in [3.8, 4) is 0 Å². The zero-order chi connectivity index (χ0) is 58.8. The van der Waals surface area contributed by atoms with Gasteiger partial charge in [-0.15, -0.1) is 0 Å². The summed E-state index contributed by atoms with van der Waals surface area (Å²) < 4.78 is 36.8. The molecule has 13 atom stereocenters. The van der Waals surface area contributed by atoms with Crippen LogP contribution in [0.5, 0.6) is 0 Å². The summed E-state index contributed by atoms with van der Waals surface area (Å²) in [7, 11) is 0. The Morgan fingerprint density at radius 1 is 0.802 bits per heavy atom. The lowest BCUT2D eigenvalue weighted by Crippen LogP contribution is -2.88. The number of aliphatic hydroxyl groups is 3. The van der Waals surface area contributed by atoms with Gasteiger partial charge in [-0.3, -0.25) is 14.4 Å². The predicted octanol–water partition coefficient (Wildman–Crippen LogP) is 9.90. The molecule has 0 spiro atoms. The number of rotatable bonds is 23. The van der Waals surface area contributed by atoms with Gasteiger partial charge in [-0.25, -0.2) is 14.4 Å². The Morgan fingerprint density at radius 3 is 1.91 bits per heavy atom. The molecule has 1 saturated heterocycles. The summed E-state index contributed by atoms with van der Waals surface area (Å²) in [5, 5.41) is 40.8. The Labute approximate surface area is 476 Å². The quantitative estimate of drug-likeness (QED) is 0.0461. The number of aliphatic hydroxyl groups excluding tert-OH is 2. The van der Waals surface area contributed by atoms with Crippen molar-refractivity contribution < 1.29 is 72.5 Å². The molecule has 2 aromatic carbocycles. The van der Waals surface area contributed by atoms with Crippen LogP contribution in [-0.2, 0) is 47.6 Å². The maximum absolute atomic E-state index is 15.7. The average Bonchev–Trinajstić information content (AvgIpc) is 0.662. The third kappa shape index (κ3) is 13.0. The molecule has 436 valence electrons. The van der Waals surface area contributed by atoms with Crippen molar-refractivity contribution in [3.05, 3.63) is 156 Å². The van der Waals surface area contributed by atoms with Gasteiger partial charge in [-0.1, -0.05) is 128 Å². The zero-order valence-corrected chi connectivity index (χ0v) is 47.9. The average molecular weight is 1120 g/mol. The molecule has 4 N–H and O–H groups in total. The minimum absolute atomic E-state index is 0.0143. The van der Waals surface area contributed by atoms with Crippen molar-refractivity contribution in [1.29, 1.82) is 0 Å². The van der Waals surface area contributed by atoms with Crippen LogP contribution < -0.4 is 5.32 Å². The van der Waals surface area contributed by atoms with Crippen LogP contribution in [0.1, 0.15) is 142 Å². The molecule has 81 heavy (non-hydrogen) atoms. The molecule has 7 unspecified atom stereocenters. The number of ether oxygens (including phenoxy) is 6. The predicted molar refractivity (Wildman–Crippen MR) is 303 cm³/mol. The van der Waals surface area contributed by atoms with Gasteiger partial charge in [0, 0.05) is 38.0 Å². The summed E-state index contributed by atoms with van der Waals surface area (Å²) in [5.41, 5.74) is -8.28. The van der Waals surface area contributed by atoms with E-state index in [1.807, 2.05) is 18.2 Å². The molecule has 4 fully saturated rings. The Kier molecular flexibility index (Phi) is 20.2. The molecule has 5 aliphatic rings. The highest BCUT2D eigenvalue weighted by atomic mass is 16.6. The van der Waals surface area contributed by atoms with Crippen LogP contribution >= 0.6 is 0 Å². The first-order valence-electron chi connectivity index (χ1n) is 28.3. The Hall–Kier alpha value is -6.72. The van der Waals surface area contributed by atoms with E-state index in [4.69, 9.17) is 28.4 Å². The van der Waals surface area contributed by atoms with E-state index in [9.17, 15) is 39.3 Å². The fraction of sp³-hybridized carbons (Fsp3) is 0.508. The normalized spacial score (nSPS) is 30.5. The third-order valence-electron chi connectivity index (χ3n) is 16.8. The summed E-state index contributed by atoms with van der Waals surface area (Å²) in [6, 6.07) is 14.8. The van der Waals surface area contributed by atoms with Gasteiger partial charge in [0.25, 0.3) is 0 Å². The van der Waals surface area contributed by atoms with E-state index >= 15 is 4.79 Å². The van der Waals surface area contributed by atoms with Crippen LogP contribution in [0.4, 0.5) is 4.79 Å². The first-order valence-corrected chi connectivity index (χ1v) is 28.3. The van der Waals surface area contributed by atoms with Crippen LogP contribution in [0.15, 0.2) is 145 Å². The zero-order valence-electron chi connectivity index (χ0n) is 47.9. The van der Waals surface area contributed by atoms with Crippen molar-refractivity contribution in [2.75, 3.05) is 6.61 Å². The Morgan fingerprint density at radius 2 is 1.36 bits per heavy atom. The number of esters is 4. The second kappa shape index (κ2) is 26.5. The number of hydrogen-bond acceptors (Lipinski definition) is 15. The summed E-state index contributed by atoms with van der Waals surface area (Å²) >= 11 is 0. The number of amides is 1. The fourth-order valence-electron chi connectivity index (χ4n) is 12.8. The molecule has 0 bridgehead atoms. The van der Waals surface area contributed by atoms with Crippen molar-refractivity contribution in [2.45, 2.75) is 179 Å². The summed E-state index contributed by atoms with van der Waals surface area (Å²) in [6.07, 6.45) is 20.0. The van der Waals surface area contributed by atoms with Crippen molar-refractivity contribution >= 4 is 35.8 Å². The largest absolute Gasteiger partial charge is 0.461 e. The van der Waals surface area contributed by atoms with Crippen molar-refractivity contribution in [2.24, 2.45) is 22.7 Å². The molecule has 0 aromatic heterocycles. The lowest BCUT2D eigenvalue weighted by molar-refractivity contribution is -0.341. The number of fused-ring (bicyclic) bond motifs is 3. The van der Waals surface area contributed by atoms with E-state index in [2.05, 4.69) is 66.9 Å². The van der Waals surface area contributed by atoms with Gasteiger partial charge in [-0.05, 0) is 115 Å². The second-order valence-corrected chi connectivity index (χ2v) is 23.0. The number of carbonyl (C=O) groups is 6. The Balaban J connectivity index is 1.15. The molecule has 1 aliphatic heterocycles. The lowest BCUT2D eigenvalue weighted by atomic mass is 9.31. The van der Waals surface area contributed by atoms with Crippen molar-refractivity contribution in [1.82, 2.24) is 5.32 Å². The number of Topliss-reactive ketones (excluding diaryl/α,β-unsaturated/α-hetero) is 1. The summed E-state index contributed by atoms with van der Waals surface area (Å²) in [5.74, 6) is -6.65. The number of alkyl carbamates (subject to hydrolysis) is 1. The molecule has 1 amide bonds. The molecule has 0 radical (unpaired) electrons. The van der Waals surface area contributed by atoms with Gasteiger partial charge in [0.2, 0.25) is 0 Å². The highest BCUT2D eigenvalue weighted by Gasteiger charge is 2.88. The second-order valence-electron chi connectivity index (χ2n) is 23.0. The smallest absolute Gasteiger partial charge is 0.408 e. The molecule has 16 heteroatoms. The minimum Gasteiger partial charge on any atom is -0.461 e. The number of nitrogens with one attached hydrogen (secondary N) is 1. The third-order valence-corrected chi connectivity index (χ3v) is 16.8. The summed E-state index contributed by atoms with van der Waals surface area (Å²) in [6.45, 7) is 12.7. The van der Waals surface area contributed by atoms with Gasteiger partial charge in [0.05, 0.1) is 35.1 Å². The molecule has 3 saturated carbocycles. The van der Waals surface area contributed by atoms with E-state index in [0.29, 0.717) is 18.4 Å². The van der Waals surface area contributed by atoms with Crippen LogP contribution in [0.2, 0.25) is 0 Å². The molecular weight excluding hydrogens is 1030 g/mol. The highest BCUT2D eigenvalue weighted by Crippen LogP contribution is 2.78. The number of benzene rings is 2. The van der Waals surface area contributed by atoms with E-state index in [0.717, 1.165) is 32.1 Å². The molecule has 2 aromatic rings. The van der Waals surface area contributed by atoms with E-state index in [-0.39, 0.29) is 36.2 Å². The lowest BCUT2D eigenvalue weighted by Gasteiger charge is -2.77. The van der Waals surface area contributed by atoms with Crippen LogP contribution in [0, 0.1) is 22.7 Å². The van der Waals surface area contributed by atoms with Gasteiger partial charge in [0.1, 0.15) is 41.2 Å². The maximum atomic E-state index is 15.7. The van der Waals surface area contributed by atoms with Gasteiger partial charge >= 0.3 is 30.0 Å². The van der Waals surface area contributed by atoms with Gasteiger partial charge in [0.15, 0.2) is 11.9 Å². The standard InChI is InChI=1S/C65H81NO15/c1-9-10-11-12-13-14-15-16-17-18-19-20-21-22-23-24-25-26-33-38-49(68)78-48-39-46-50(47(40-76-46)77-43(3)67)52-57(79-58(72)45-36-31-28-32-37-45)64(75)41-65(42(2)51(63(64,65)8)54(69)56(71)62(48,52)7)80-59(73)55(70)53(44-34-29-27-30-35-44)66-60(74)81-61(4,5)6/h10-11,13-14,16-17,19-20,22-23,25-32,34-37,46-48,50,52-55,57,69-70,75H,9,12,15,18,21,24,33,38-41H2,1-8H3,(H,66,74)/b11-10-,14-13-,17-16-,20-19-,23-22-,26-25-/t46?,47-,48?,50-,52?,53-,54?,55+,57?,62?,63-,64?,65+/m0/s1. The van der Waals surface area contributed by atoms with Crippen LogP contribution in [-0.4, -0.2) is 111 Å².